The van der Waals surface area contributed by atoms with Crippen LogP contribution in [-0.2, 0) is 6.42 Å². The summed E-state index contributed by atoms with van der Waals surface area (Å²) in [5, 5.41) is 0. The number of nitrogens with two attached hydrogens (primary N) is 1. The van der Waals surface area contributed by atoms with Gasteiger partial charge in [-0.2, -0.15) is 0 Å². The first-order chi connectivity index (χ1) is 8.06. The molecule has 3 nitrogen and oxygen atoms in total. The largest absolute Gasteiger partial charge is 0.351 e. The van der Waals surface area contributed by atoms with Crippen molar-refractivity contribution in [1.82, 2.24) is 4.90 Å². The van der Waals surface area contributed by atoms with Crippen molar-refractivity contribution in [3.8, 4) is 0 Å². The first kappa shape index (κ1) is 11.8. The van der Waals surface area contributed by atoms with E-state index in [0.29, 0.717) is 19.5 Å². The third-order valence-corrected chi connectivity index (χ3v) is 3.11. The number of hydrogen-bond acceptors (Lipinski definition) is 1. The Morgan fingerprint density at radius 3 is 2.76 bits per heavy atom. The van der Waals surface area contributed by atoms with Crippen LogP contribution in [0.2, 0.25) is 0 Å². The molecular formula is C12H14F2N2O. The third-order valence-electron chi connectivity index (χ3n) is 3.11. The molecule has 1 aliphatic heterocycles. The summed E-state index contributed by atoms with van der Waals surface area (Å²) < 4.78 is 25.7. The van der Waals surface area contributed by atoms with Crippen LogP contribution in [0.15, 0.2) is 18.2 Å². The number of nitrogens with zero attached hydrogens (tertiary/aromatic N) is 1. The van der Waals surface area contributed by atoms with Crippen molar-refractivity contribution in [3.63, 3.8) is 0 Å². The lowest BCUT2D eigenvalue weighted by molar-refractivity contribution is 0.217. The Balaban J connectivity index is 1.98. The first-order valence-corrected chi connectivity index (χ1v) is 5.54. The summed E-state index contributed by atoms with van der Waals surface area (Å²) in [6.07, 6.45) is 1.49. The van der Waals surface area contributed by atoms with Crippen molar-refractivity contribution in [3.05, 3.63) is 35.4 Å². The van der Waals surface area contributed by atoms with Gasteiger partial charge in [-0.1, -0.05) is 6.07 Å². The Bertz CT molecular complexity index is 437. The van der Waals surface area contributed by atoms with E-state index in [1.807, 2.05) is 0 Å². The molecule has 1 aliphatic rings. The second-order valence-corrected chi connectivity index (χ2v) is 4.39. The summed E-state index contributed by atoms with van der Waals surface area (Å²) in [6, 6.07) is 3.50. The van der Waals surface area contributed by atoms with E-state index in [4.69, 9.17) is 5.73 Å². The highest BCUT2D eigenvalue weighted by atomic mass is 19.2. The van der Waals surface area contributed by atoms with Crippen LogP contribution >= 0.6 is 0 Å². The van der Waals surface area contributed by atoms with Gasteiger partial charge < -0.3 is 10.6 Å². The molecule has 2 amide bonds. The normalized spacial score (nSPS) is 19.6. The molecule has 1 heterocycles. The molecular weight excluding hydrogens is 226 g/mol. The van der Waals surface area contributed by atoms with Crippen LogP contribution in [0.3, 0.4) is 0 Å². The predicted octanol–water partition coefficient (Wildman–Crippen LogP) is 1.91. The second-order valence-electron chi connectivity index (χ2n) is 4.39. The lowest BCUT2D eigenvalue weighted by Crippen LogP contribution is -2.33. The van der Waals surface area contributed by atoms with Crippen molar-refractivity contribution in [2.45, 2.75) is 12.8 Å². The van der Waals surface area contributed by atoms with Gasteiger partial charge in [0.2, 0.25) is 0 Å². The number of urea groups is 1. The van der Waals surface area contributed by atoms with Crippen molar-refractivity contribution in [1.29, 1.82) is 0 Å². The van der Waals surface area contributed by atoms with E-state index in [1.165, 1.54) is 6.07 Å². The summed E-state index contributed by atoms with van der Waals surface area (Å²) in [5.41, 5.74) is 5.92. The van der Waals surface area contributed by atoms with Gasteiger partial charge in [-0.3, -0.25) is 0 Å². The zero-order valence-electron chi connectivity index (χ0n) is 9.33. The van der Waals surface area contributed by atoms with Crippen molar-refractivity contribution < 1.29 is 13.6 Å². The maximum absolute atomic E-state index is 13.0. The number of rotatable bonds is 2. The molecule has 2 rings (SSSR count). The highest BCUT2D eigenvalue weighted by Gasteiger charge is 2.24. The molecule has 1 aromatic carbocycles. The number of carbonyl (C=O) groups is 1. The van der Waals surface area contributed by atoms with Crippen LogP contribution in [0, 0.1) is 17.6 Å². The molecule has 2 N–H and O–H groups in total. The van der Waals surface area contributed by atoms with Gasteiger partial charge in [0.05, 0.1) is 0 Å². The minimum absolute atomic E-state index is 0.271. The Labute approximate surface area is 98.2 Å². The van der Waals surface area contributed by atoms with Gasteiger partial charge >= 0.3 is 6.03 Å². The van der Waals surface area contributed by atoms with E-state index in [0.717, 1.165) is 18.1 Å². The van der Waals surface area contributed by atoms with E-state index in [2.05, 4.69) is 0 Å². The van der Waals surface area contributed by atoms with Gasteiger partial charge in [0.25, 0.3) is 0 Å². The molecule has 0 aromatic heterocycles. The molecule has 1 fully saturated rings. The number of carbonyl (C=O) groups excluding carboxylic acids is 1. The maximum atomic E-state index is 13.0. The molecule has 5 heteroatoms. The smallest absolute Gasteiger partial charge is 0.314 e. The van der Waals surface area contributed by atoms with Gasteiger partial charge in [0.1, 0.15) is 0 Å². The molecule has 1 unspecified atom stereocenters. The van der Waals surface area contributed by atoms with E-state index < -0.39 is 17.7 Å². The van der Waals surface area contributed by atoms with Crippen LogP contribution in [0.25, 0.3) is 0 Å². The Hall–Kier alpha value is -1.65. The fourth-order valence-electron chi connectivity index (χ4n) is 2.20. The summed E-state index contributed by atoms with van der Waals surface area (Å²) in [6.45, 7) is 1.23. The van der Waals surface area contributed by atoms with E-state index in [9.17, 15) is 13.6 Å². The Morgan fingerprint density at radius 1 is 1.41 bits per heavy atom. The zero-order valence-corrected chi connectivity index (χ0v) is 9.33. The molecule has 0 spiro atoms. The zero-order chi connectivity index (χ0) is 12.4. The standard InChI is InChI=1S/C12H14F2N2O/c13-10-2-1-8(6-11(10)14)5-9-3-4-16(7-9)12(15)17/h1-2,6,9H,3-5,7H2,(H2,15,17). The van der Waals surface area contributed by atoms with Gasteiger partial charge in [0.15, 0.2) is 11.6 Å². The number of amides is 2. The molecule has 0 aliphatic carbocycles. The van der Waals surface area contributed by atoms with Crippen molar-refractivity contribution >= 4 is 6.03 Å². The maximum Gasteiger partial charge on any atom is 0.314 e. The minimum atomic E-state index is -0.834. The molecule has 0 saturated carbocycles. The number of hydrogen-bond donors (Lipinski definition) is 1. The average Bonchev–Trinajstić information content (AvgIpc) is 2.72. The van der Waals surface area contributed by atoms with E-state index >= 15 is 0 Å². The van der Waals surface area contributed by atoms with Crippen LogP contribution in [0.1, 0.15) is 12.0 Å². The van der Waals surface area contributed by atoms with Crippen LogP contribution in [-0.4, -0.2) is 24.0 Å². The summed E-state index contributed by atoms with van der Waals surface area (Å²) >= 11 is 0. The SMILES string of the molecule is NC(=O)N1CCC(Cc2ccc(F)c(F)c2)C1. The highest BCUT2D eigenvalue weighted by Crippen LogP contribution is 2.21. The quantitative estimate of drug-likeness (QED) is 0.843. The minimum Gasteiger partial charge on any atom is -0.351 e. The van der Waals surface area contributed by atoms with Crippen LogP contribution < -0.4 is 5.73 Å². The summed E-state index contributed by atoms with van der Waals surface area (Å²) in [7, 11) is 0. The number of likely N-dealkylation sites (tertiary alicyclic amines) is 1. The fraction of sp³-hybridized carbons (Fsp3) is 0.417. The first-order valence-electron chi connectivity index (χ1n) is 5.54. The average molecular weight is 240 g/mol. The van der Waals surface area contributed by atoms with Crippen LogP contribution in [0.5, 0.6) is 0 Å². The molecule has 0 bridgehead atoms. The number of primary amides is 1. The second kappa shape index (κ2) is 4.69. The Morgan fingerprint density at radius 2 is 2.18 bits per heavy atom. The van der Waals surface area contributed by atoms with Gasteiger partial charge in [-0.15, -0.1) is 0 Å². The van der Waals surface area contributed by atoms with Crippen LogP contribution in [0.4, 0.5) is 13.6 Å². The third kappa shape index (κ3) is 2.72. The fourth-order valence-corrected chi connectivity index (χ4v) is 2.20. The molecule has 1 aromatic rings. The number of benzene rings is 1. The Kier molecular flexibility index (Phi) is 3.26. The van der Waals surface area contributed by atoms with Crippen molar-refractivity contribution in [2.75, 3.05) is 13.1 Å². The lowest BCUT2D eigenvalue weighted by atomic mass is 9.98. The summed E-state index contributed by atoms with van der Waals surface area (Å²) in [4.78, 5) is 12.5. The van der Waals surface area contributed by atoms with Crippen molar-refractivity contribution in [2.24, 2.45) is 11.7 Å². The monoisotopic (exact) mass is 240 g/mol. The predicted molar refractivity (Wildman–Crippen MR) is 59.3 cm³/mol. The number of halogens is 2. The molecule has 0 radical (unpaired) electrons. The lowest BCUT2D eigenvalue weighted by Gasteiger charge is -2.13. The summed E-state index contributed by atoms with van der Waals surface area (Å²) in [5.74, 6) is -1.39. The van der Waals surface area contributed by atoms with E-state index in [-0.39, 0.29) is 5.92 Å². The molecule has 1 saturated heterocycles. The van der Waals surface area contributed by atoms with Gasteiger partial charge in [-0.25, -0.2) is 13.6 Å². The highest BCUT2D eigenvalue weighted by molar-refractivity contribution is 5.72. The molecule has 92 valence electrons. The van der Waals surface area contributed by atoms with E-state index in [1.54, 1.807) is 11.0 Å². The van der Waals surface area contributed by atoms with Gasteiger partial charge in [0, 0.05) is 13.1 Å². The molecule has 1 atom stereocenters. The topological polar surface area (TPSA) is 46.3 Å². The molecule has 17 heavy (non-hydrogen) atoms. The van der Waals surface area contributed by atoms with Gasteiger partial charge in [-0.05, 0) is 36.5 Å².